The quantitative estimate of drug-likeness (QED) is 0.329. The number of nitrogens with zero attached hydrogens (tertiary/aromatic N) is 2. The van der Waals surface area contributed by atoms with E-state index in [4.69, 9.17) is 21.8 Å². The third-order valence-electron chi connectivity index (χ3n) is 6.47. The second kappa shape index (κ2) is 10.5. The maximum absolute atomic E-state index is 12.8. The maximum atomic E-state index is 12.8. The van der Waals surface area contributed by atoms with Gasteiger partial charge in [-0.1, -0.05) is 30.7 Å². The van der Waals surface area contributed by atoms with Crippen molar-refractivity contribution in [3.8, 4) is 11.1 Å². The van der Waals surface area contributed by atoms with Crippen LogP contribution in [0.4, 0.5) is 5.82 Å². The molecule has 2 aromatic carbocycles. The van der Waals surface area contributed by atoms with Crippen molar-refractivity contribution in [3.05, 3.63) is 88.8 Å². The van der Waals surface area contributed by atoms with Crippen molar-refractivity contribution in [2.45, 2.75) is 19.9 Å². The summed E-state index contributed by atoms with van der Waals surface area (Å²) in [6.07, 6.45) is 5.74. The fourth-order valence-electron chi connectivity index (χ4n) is 4.45. The zero-order valence-electron chi connectivity index (χ0n) is 20.4. The number of amides is 2. The second-order valence-electron chi connectivity index (χ2n) is 9.38. The highest BCUT2D eigenvalue weighted by molar-refractivity contribution is 6.35. The van der Waals surface area contributed by atoms with Crippen LogP contribution in [-0.2, 0) is 11.3 Å². The number of aromatic nitrogens is 1. The van der Waals surface area contributed by atoms with Gasteiger partial charge in [0.15, 0.2) is 5.58 Å². The van der Waals surface area contributed by atoms with Crippen LogP contribution >= 0.6 is 11.6 Å². The number of carbonyl (C=O) groups excluding carboxylic acids is 2. The van der Waals surface area contributed by atoms with E-state index in [1.54, 1.807) is 24.4 Å². The molecular formula is C29H27ClN4O3. The number of likely N-dealkylation sites (tertiary alicyclic amines) is 1. The molecule has 188 valence electrons. The Morgan fingerprint density at radius 3 is 2.68 bits per heavy atom. The number of benzene rings is 2. The number of hydrogen-bond donors (Lipinski definition) is 2. The number of rotatable bonds is 6. The molecule has 1 unspecified atom stereocenters. The molecule has 1 aliphatic rings. The molecule has 0 aliphatic carbocycles. The maximum Gasteiger partial charge on any atom is 0.253 e. The number of anilines is 1. The first-order valence-electron chi connectivity index (χ1n) is 12.1. The lowest BCUT2D eigenvalue weighted by atomic mass is 10.0. The van der Waals surface area contributed by atoms with Crippen molar-refractivity contribution < 1.29 is 14.0 Å². The van der Waals surface area contributed by atoms with Crippen LogP contribution in [0.2, 0.25) is 5.02 Å². The average molecular weight is 515 g/mol. The van der Waals surface area contributed by atoms with Gasteiger partial charge in [-0.2, -0.15) is 0 Å². The summed E-state index contributed by atoms with van der Waals surface area (Å²) in [5.74, 6) is 1.38. The molecule has 1 aliphatic heterocycles. The summed E-state index contributed by atoms with van der Waals surface area (Å²) in [5, 5.41) is 4.12. The number of nitrogens with one attached hydrogen (secondary N) is 1. The highest BCUT2D eigenvalue weighted by atomic mass is 35.5. The third kappa shape index (κ3) is 5.67. The van der Waals surface area contributed by atoms with Crippen molar-refractivity contribution >= 4 is 46.3 Å². The largest absolute Gasteiger partial charge is 0.458 e. The molecule has 2 amide bonds. The first kappa shape index (κ1) is 24.6. The standard InChI is InChI=1S/C29H27ClN4O3/c1-18-10-11-34(17-18)29(36)21-6-4-20(5-7-21)22-12-23-13-24(37-28(23)25(30)14-22)16-33-27(35)9-3-19-2-8-26(31)32-15-19/h2-9,12-15,18H,10-11,16-17H2,1H3,(H2,31,32)(H,33,35)/b9-3+. The molecule has 3 N–H and O–H groups in total. The first-order valence-corrected chi connectivity index (χ1v) is 12.5. The van der Waals surface area contributed by atoms with E-state index < -0.39 is 0 Å². The number of pyridine rings is 1. The van der Waals surface area contributed by atoms with Gasteiger partial charge in [-0.05, 0) is 77.6 Å². The fourth-order valence-corrected chi connectivity index (χ4v) is 4.71. The van der Waals surface area contributed by atoms with E-state index in [0.29, 0.717) is 33.7 Å². The van der Waals surface area contributed by atoms with Crippen LogP contribution in [0.15, 0.2) is 71.3 Å². The van der Waals surface area contributed by atoms with Crippen LogP contribution in [0.25, 0.3) is 28.2 Å². The Bertz CT molecular complexity index is 1480. The number of nitrogens with two attached hydrogens (primary N) is 1. The van der Waals surface area contributed by atoms with E-state index in [1.807, 2.05) is 47.4 Å². The van der Waals surface area contributed by atoms with Gasteiger partial charge < -0.3 is 20.4 Å². The van der Waals surface area contributed by atoms with Crippen molar-refractivity contribution in [1.82, 2.24) is 15.2 Å². The summed E-state index contributed by atoms with van der Waals surface area (Å²) in [4.78, 5) is 30.9. The van der Waals surface area contributed by atoms with Gasteiger partial charge in [0.05, 0.1) is 11.6 Å². The molecule has 0 saturated carbocycles. The van der Waals surface area contributed by atoms with Crippen molar-refractivity contribution in [2.24, 2.45) is 5.92 Å². The molecule has 37 heavy (non-hydrogen) atoms. The lowest BCUT2D eigenvalue weighted by Gasteiger charge is -2.16. The molecule has 0 spiro atoms. The topological polar surface area (TPSA) is 101 Å². The minimum atomic E-state index is -0.262. The fraction of sp³-hybridized carbons (Fsp3) is 0.207. The zero-order chi connectivity index (χ0) is 25.9. The van der Waals surface area contributed by atoms with Crippen molar-refractivity contribution in [2.75, 3.05) is 18.8 Å². The Hall–Kier alpha value is -4.10. The van der Waals surface area contributed by atoms with Gasteiger partial charge in [0.1, 0.15) is 11.6 Å². The van der Waals surface area contributed by atoms with E-state index in [1.165, 1.54) is 6.08 Å². The highest BCUT2D eigenvalue weighted by Gasteiger charge is 2.24. The molecule has 1 fully saturated rings. The Balaban J connectivity index is 1.26. The van der Waals surface area contributed by atoms with Crippen LogP contribution in [0, 0.1) is 5.92 Å². The van der Waals surface area contributed by atoms with Crippen LogP contribution in [0.5, 0.6) is 0 Å². The summed E-state index contributed by atoms with van der Waals surface area (Å²) in [7, 11) is 0. The summed E-state index contributed by atoms with van der Waals surface area (Å²) in [6, 6.07) is 16.8. The van der Waals surface area contributed by atoms with E-state index in [0.717, 1.165) is 41.6 Å². The molecule has 4 aromatic rings. The molecule has 3 heterocycles. The van der Waals surface area contributed by atoms with E-state index >= 15 is 0 Å². The predicted octanol–water partition coefficient (Wildman–Crippen LogP) is 5.54. The predicted molar refractivity (Wildman–Crippen MR) is 146 cm³/mol. The normalized spacial score (nSPS) is 15.5. The Labute approximate surface area is 219 Å². The van der Waals surface area contributed by atoms with Crippen molar-refractivity contribution in [1.29, 1.82) is 0 Å². The number of hydrogen-bond acceptors (Lipinski definition) is 5. The molecule has 5 rings (SSSR count). The number of fused-ring (bicyclic) bond motifs is 1. The summed E-state index contributed by atoms with van der Waals surface area (Å²) in [5.41, 5.74) is 9.47. The molecular weight excluding hydrogens is 488 g/mol. The third-order valence-corrected chi connectivity index (χ3v) is 6.75. The van der Waals surface area contributed by atoms with E-state index in [2.05, 4.69) is 17.2 Å². The van der Waals surface area contributed by atoms with Gasteiger partial charge in [-0.25, -0.2) is 4.98 Å². The SMILES string of the molecule is CC1CCN(C(=O)c2ccc(-c3cc(Cl)c4oc(CNC(=O)/C=C/c5ccc(N)nc5)cc4c3)cc2)C1. The number of furan rings is 1. The number of nitrogen functional groups attached to an aromatic ring is 1. The second-order valence-corrected chi connectivity index (χ2v) is 9.79. The van der Waals surface area contributed by atoms with E-state index in [-0.39, 0.29) is 18.4 Å². The van der Waals surface area contributed by atoms with Crippen molar-refractivity contribution in [3.63, 3.8) is 0 Å². The molecule has 0 bridgehead atoms. The summed E-state index contributed by atoms with van der Waals surface area (Å²) < 4.78 is 5.89. The minimum Gasteiger partial charge on any atom is -0.458 e. The Morgan fingerprint density at radius 2 is 1.97 bits per heavy atom. The molecule has 1 saturated heterocycles. The van der Waals surface area contributed by atoms with Crippen LogP contribution in [0.1, 0.15) is 35.0 Å². The summed E-state index contributed by atoms with van der Waals surface area (Å²) >= 11 is 6.53. The monoisotopic (exact) mass is 514 g/mol. The van der Waals surface area contributed by atoms with Gasteiger partial charge in [0.25, 0.3) is 5.91 Å². The first-order chi connectivity index (χ1) is 17.9. The Kier molecular flexibility index (Phi) is 6.97. The Morgan fingerprint density at radius 1 is 1.16 bits per heavy atom. The average Bonchev–Trinajstić information content (AvgIpc) is 3.53. The smallest absolute Gasteiger partial charge is 0.253 e. The van der Waals surface area contributed by atoms with Gasteiger partial charge in [0.2, 0.25) is 5.91 Å². The molecule has 2 aromatic heterocycles. The molecule has 1 atom stereocenters. The lowest BCUT2D eigenvalue weighted by molar-refractivity contribution is -0.116. The zero-order valence-corrected chi connectivity index (χ0v) is 21.2. The van der Waals surface area contributed by atoms with Crippen LogP contribution < -0.4 is 11.1 Å². The molecule has 8 heteroatoms. The van der Waals surface area contributed by atoms with Crippen LogP contribution in [-0.4, -0.2) is 34.8 Å². The van der Waals surface area contributed by atoms with Gasteiger partial charge >= 0.3 is 0 Å². The minimum absolute atomic E-state index is 0.0749. The van der Waals surface area contributed by atoms with Gasteiger partial charge in [-0.3, -0.25) is 9.59 Å². The number of halogens is 1. The van der Waals surface area contributed by atoms with Crippen LogP contribution in [0.3, 0.4) is 0 Å². The van der Waals surface area contributed by atoms with E-state index in [9.17, 15) is 9.59 Å². The van der Waals surface area contributed by atoms with Gasteiger partial charge in [0, 0.05) is 36.3 Å². The van der Waals surface area contributed by atoms with Gasteiger partial charge in [-0.15, -0.1) is 0 Å². The molecule has 0 radical (unpaired) electrons. The number of carbonyl (C=O) groups is 2. The highest BCUT2D eigenvalue weighted by Crippen LogP contribution is 2.33. The lowest BCUT2D eigenvalue weighted by Crippen LogP contribution is -2.28. The molecule has 7 nitrogen and oxygen atoms in total. The summed E-state index contributed by atoms with van der Waals surface area (Å²) in [6.45, 7) is 4.01.